The van der Waals surface area contributed by atoms with Gasteiger partial charge in [0.15, 0.2) is 5.41 Å². The van der Waals surface area contributed by atoms with Crippen molar-refractivity contribution < 1.29 is 23.9 Å². The lowest BCUT2D eigenvalue weighted by molar-refractivity contribution is -0.171. The van der Waals surface area contributed by atoms with E-state index in [-0.39, 0.29) is 38.4 Å². The minimum Gasteiger partial charge on any atom is -0.465 e. The molecule has 1 fully saturated rings. The molecule has 0 bridgehead atoms. The van der Waals surface area contributed by atoms with Crippen LogP contribution in [0.25, 0.3) is 0 Å². The molecule has 1 aliphatic rings. The molecule has 1 saturated carbocycles. The van der Waals surface area contributed by atoms with Crippen molar-refractivity contribution in [1.82, 2.24) is 0 Å². The summed E-state index contributed by atoms with van der Waals surface area (Å²) < 4.78 is 10.5. The normalized spacial score (nSPS) is 20.0. The van der Waals surface area contributed by atoms with E-state index >= 15 is 0 Å². The SMILES string of the molecule is CCOC(=O)C1(C(=O)OCC)C/C(=C/[Si](C)(C)c2ccccc2)C(CC=O)C1. The molecule has 0 aromatic heterocycles. The molecule has 152 valence electrons. The molecule has 0 spiro atoms. The zero-order valence-electron chi connectivity index (χ0n) is 17.2. The van der Waals surface area contributed by atoms with Gasteiger partial charge in [0.25, 0.3) is 0 Å². The molecule has 0 aliphatic heterocycles. The molecule has 0 saturated heterocycles. The molecule has 2 rings (SSSR count). The Labute approximate surface area is 168 Å². The minimum atomic E-state index is -1.97. The van der Waals surface area contributed by atoms with Crippen LogP contribution in [-0.4, -0.2) is 39.5 Å². The van der Waals surface area contributed by atoms with Crippen LogP contribution in [0.1, 0.15) is 33.1 Å². The highest BCUT2D eigenvalue weighted by Crippen LogP contribution is 2.48. The van der Waals surface area contributed by atoms with Gasteiger partial charge in [0.05, 0.1) is 13.2 Å². The maximum absolute atomic E-state index is 12.8. The standard InChI is InChI=1S/C22H30O5Si/c1-5-26-20(24)22(21(25)27-6-2)14-17(12-13-23)18(15-22)16-28(3,4)19-10-8-7-9-11-19/h7-11,13,16-17H,5-6,12,14-15H2,1-4H3/b18-16-. The van der Waals surface area contributed by atoms with E-state index in [4.69, 9.17) is 9.47 Å². The summed E-state index contributed by atoms with van der Waals surface area (Å²) in [6.45, 7) is 8.28. The minimum absolute atomic E-state index is 0.151. The number of carbonyl (C=O) groups excluding carboxylic acids is 3. The predicted molar refractivity (Wildman–Crippen MR) is 111 cm³/mol. The Morgan fingerprint density at radius 1 is 1.11 bits per heavy atom. The third kappa shape index (κ3) is 4.61. The first-order valence-corrected chi connectivity index (χ1v) is 12.9. The number of aldehydes is 1. The quantitative estimate of drug-likeness (QED) is 0.289. The fraction of sp³-hybridized carbons (Fsp3) is 0.500. The fourth-order valence-corrected chi connectivity index (χ4v) is 6.47. The largest absolute Gasteiger partial charge is 0.465 e. The highest BCUT2D eigenvalue weighted by molar-refractivity contribution is 6.94. The van der Waals surface area contributed by atoms with Gasteiger partial charge in [-0.05, 0) is 32.6 Å². The van der Waals surface area contributed by atoms with E-state index in [9.17, 15) is 14.4 Å². The maximum atomic E-state index is 12.8. The summed E-state index contributed by atoms with van der Waals surface area (Å²) in [4.78, 5) is 36.9. The van der Waals surface area contributed by atoms with Gasteiger partial charge >= 0.3 is 11.9 Å². The summed E-state index contributed by atoms with van der Waals surface area (Å²) >= 11 is 0. The second-order valence-electron chi connectivity index (χ2n) is 7.81. The first kappa shape index (κ1) is 22.1. The van der Waals surface area contributed by atoms with E-state index in [1.807, 2.05) is 18.2 Å². The van der Waals surface area contributed by atoms with E-state index in [0.717, 1.165) is 11.9 Å². The molecule has 1 aromatic carbocycles. The highest BCUT2D eigenvalue weighted by Gasteiger charge is 2.55. The van der Waals surface area contributed by atoms with Gasteiger partial charge in [-0.25, -0.2) is 0 Å². The van der Waals surface area contributed by atoms with Crippen molar-refractivity contribution in [3.8, 4) is 0 Å². The lowest BCUT2D eigenvalue weighted by Crippen LogP contribution is -2.41. The van der Waals surface area contributed by atoms with Gasteiger partial charge in [0.1, 0.15) is 14.4 Å². The number of carbonyl (C=O) groups is 3. The predicted octanol–water partition coefficient (Wildman–Crippen LogP) is 3.18. The Morgan fingerprint density at radius 2 is 1.68 bits per heavy atom. The second-order valence-corrected chi connectivity index (χ2v) is 12.1. The number of allylic oxidation sites excluding steroid dienone is 1. The summed E-state index contributed by atoms with van der Waals surface area (Å²) in [7, 11) is -1.97. The van der Waals surface area contributed by atoms with Crippen LogP contribution in [0.15, 0.2) is 41.6 Å². The molecule has 1 aliphatic carbocycles. The molecule has 0 radical (unpaired) electrons. The zero-order chi connectivity index (χ0) is 20.8. The highest BCUT2D eigenvalue weighted by atomic mass is 28.3. The topological polar surface area (TPSA) is 69.7 Å². The molecule has 0 N–H and O–H groups in total. The van der Waals surface area contributed by atoms with Gasteiger partial charge in [-0.1, -0.05) is 59.9 Å². The van der Waals surface area contributed by atoms with E-state index in [1.54, 1.807) is 13.8 Å². The van der Waals surface area contributed by atoms with Crippen molar-refractivity contribution in [2.24, 2.45) is 11.3 Å². The van der Waals surface area contributed by atoms with E-state index in [0.29, 0.717) is 0 Å². The molecular weight excluding hydrogens is 372 g/mol. The number of hydrogen-bond donors (Lipinski definition) is 0. The fourth-order valence-electron chi connectivity index (χ4n) is 3.98. The lowest BCUT2D eigenvalue weighted by atomic mass is 9.85. The average molecular weight is 403 g/mol. The van der Waals surface area contributed by atoms with Crippen molar-refractivity contribution in [2.45, 2.75) is 46.2 Å². The van der Waals surface area contributed by atoms with Crippen LogP contribution in [0.3, 0.4) is 0 Å². The van der Waals surface area contributed by atoms with E-state index in [2.05, 4.69) is 30.9 Å². The van der Waals surface area contributed by atoms with Crippen molar-refractivity contribution in [1.29, 1.82) is 0 Å². The monoisotopic (exact) mass is 402 g/mol. The maximum Gasteiger partial charge on any atom is 0.323 e. The summed E-state index contributed by atoms with van der Waals surface area (Å²) in [5, 5.41) is 1.26. The summed E-state index contributed by atoms with van der Waals surface area (Å²) in [6, 6.07) is 10.2. The van der Waals surface area contributed by atoms with Gasteiger partial charge in [0, 0.05) is 6.42 Å². The van der Waals surface area contributed by atoms with Crippen molar-refractivity contribution in [3.63, 3.8) is 0 Å². The molecule has 1 atom stereocenters. The van der Waals surface area contributed by atoms with Crippen LogP contribution >= 0.6 is 0 Å². The van der Waals surface area contributed by atoms with Gasteiger partial charge < -0.3 is 14.3 Å². The van der Waals surface area contributed by atoms with Crippen molar-refractivity contribution >= 4 is 31.5 Å². The number of benzene rings is 1. The zero-order valence-corrected chi connectivity index (χ0v) is 18.2. The Morgan fingerprint density at radius 3 is 2.18 bits per heavy atom. The second kappa shape index (κ2) is 9.32. The molecule has 0 heterocycles. The van der Waals surface area contributed by atoms with Crippen LogP contribution in [0, 0.1) is 11.3 Å². The van der Waals surface area contributed by atoms with E-state index < -0.39 is 25.4 Å². The Bertz CT molecular complexity index is 721. The van der Waals surface area contributed by atoms with Crippen molar-refractivity contribution in [3.05, 3.63) is 41.6 Å². The van der Waals surface area contributed by atoms with Gasteiger partial charge in [-0.3, -0.25) is 9.59 Å². The van der Waals surface area contributed by atoms with Gasteiger partial charge in [0.2, 0.25) is 0 Å². The van der Waals surface area contributed by atoms with Crippen LogP contribution in [0.2, 0.25) is 13.1 Å². The third-order valence-electron chi connectivity index (χ3n) is 5.40. The average Bonchev–Trinajstić information content (AvgIpc) is 3.02. The molecule has 5 nitrogen and oxygen atoms in total. The van der Waals surface area contributed by atoms with Gasteiger partial charge in [-0.2, -0.15) is 0 Å². The molecular formula is C22H30O5Si. The van der Waals surface area contributed by atoms with Crippen LogP contribution in [0.5, 0.6) is 0 Å². The molecule has 1 aromatic rings. The molecule has 0 amide bonds. The smallest absolute Gasteiger partial charge is 0.323 e. The van der Waals surface area contributed by atoms with Gasteiger partial charge in [-0.15, -0.1) is 0 Å². The molecule has 6 heteroatoms. The number of rotatable bonds is 8. The first-order valence-electron chi connectivity index (χ1n) is 9.86. The molecule has 1 unspecified atom stereocenters. The summed E-state index contributed by atoms with van der Waals surface area (Å²) in [6.07, 6.45) is 1.66. The Balaban J connectivity index is 2.47. The Kier molecular flexibility index (Phi) is 7.35. The Hall–Kier alpha value is -2.21. The number of esters is 2. The third-order valence-corrected chi connectivity index (χ3v) is 8.32. The first-order chi connectivity index (χ1) is 13.3. The number of hydrogen-bond acceptors (Lipinski definition) is 5. The van der Waals surface area contributed by atoms with Crippen molar-refractivity contribution in [2.75, 3.05) is 13.2 Å². The number of ether oxygens (including phenoxy) is 2. The summed E-state index contributed by atoms with van der Waals surface area (Å²) in [5.74, 6) is -1.25. The van der Waals surface area contributed by atoms with Crippen LogP contribution < -0.4 is 5.19 Å². The van der Waals surface area contributed by atoms with E-state index in [1.165, 1.54) is 5.19 Å². The van der Waals surface area contributed by atoms with Crippen LogP contribution in [-0.2, 0) is 23.9 Å². The molecule has 28 heavy (non-hydrogen) atoms. The summed E-state index contributed by atoms with van der Waals surface area (Å²) in [5.41, 5.74) is 1.87. The van der Waals surface area contributed by atoms with Crippen LogP contribution in [0.4, 0.5) is 0 Å². The lowest BCUT2D eigenvalue weighted by Gasteiger charge is -2.24.